The highest BCUT2D eigenvalue weighted by Crippen LogP contribution is 2.40. The number of halogens is 2. The molecular formula is C26H31F2N5O2. The maximum absolute atomic E-state index is 14.6. The first kappa shape index (κ1) is 26.0. The molecule has 1 saturated carbocycles. The number of nitrogens with one attached hydrogen (secondary N) is 2. The number of carbonyl (C=O) groups excluding carboxylic acids is 1. The smallest absolute Gasteiger partial charge is 0.258 e. The van der Waals surface area contributed by atoms with Crippen LogP contribution in [0.2, 0.25) is 0 Å². The predicted octanol–water partition coefficient (Wildman–Crippen LogP) is 5.07. The van der Waals surface area contributed by atoms with Crippen LogP contribution in [0.5, 0.6) is 5.75 Å². The lowest BCUT2D eigenvalue weighted by Gasteiger charge is -2.16. The van der Waals surface area contributed by atoms with Gasteiger partial charge in [0.1, 0.15) is 30.3 Å². The fourth-order valence-electron chi connectivity index (χ4n) is 3.61. The Morgan fingerprint density at radius 2 is 1.91 bits per heavy atom. The van der Waals surface area contributed by atoms with E-state index in [-0.39, 0.29) is 22.8 Å². The van der Waals surface area contributed by atoms with Crippen molar-refractivity contribution in [1.82, 2.24) is 15.3 Å². The van der Waals surface area contributed by atoms with Crippen molar-refractivity contribution in [3.63, 3.8) is 0 Å². The van der Waals surface area contributed by atoms with Gasteiger partial charge in [0.25, 0.3) is 5.91 Å². The van der Waals surface area contributed by atoms with Crippen LogP contribution in [-0.2, 0) is 0 Å². The zero-order chi connectivity index (χ0) is 25.5. The largest absolute Gasteiger partial charge is 0.486 e. The van der Waals surface area contributed by atoms with E-state index in [2.05, 4.69) is 20.6 Å². The second kappa shape index (κ2) is 11.7. The minimum absolute atomic E-state index is 0.105. The molecule has 4 N–H and O–H groups in total. The summed E-state index contributed by atoms with van der Waals surface area (Å²) < 4.78 is 34.9. The number of nitrogen functional groups attached to an aromatic ring is 1. The Balaban J connectivity index is 0.00000167. The molecule has 1 aliphatic carbocycles. The normalized spacial score (nSPS) is 12.5. The van der Waals surface area contributed by atoms with Crippen molar-refractivity contribution in [3.05, 3.63) is 65.0 Å². The van der Waals surface area contributed by atoms with E-state index in [1.807, 2.05) is 13.8 Å². The highest BCUT2D eigenvalue weighted by atomic mass is 19.1. The number of benzene rings is 2. The molecule has 0 unspecified atom stereocenters. The third-order valence-electron chi connectivity index (χ3n) is 5.59. The zero-order valence-corrected chi connectivity index (χ0v) is 20.4. The average Bonchev–Trinajstić information content (AvgIpc) is 3.69. The molecule has 0 saturated heterocycles. The van der Waals surface area contributed by atoms with Gasteiger partial charge in [-0.05, 0) is 68.1 Å². The molecule has 3 aromatic rings. The summed E-state index contributed by atoms with van der Waals surface area (Å²) in [5.74, 6) is -1.16. The lowest BCUT2D eigenvalue weighted by atomic mass is 10.0. The van der Waals surface area contributed by atoms with E-state index in [0.717, 1.165) is 18.4 Å². The SMILES string of the molecule is CC.CNCCOc1c(N)ncnc1-c1cc(F)cc(NC(=O)c2ccc(C3CC3)cc2F)c1C. The standard InChI is InChI=1S/C24H25F2N5O2.C2H6/c1-13-18(21-22(33-8-7-28-2)23(27)30-12-29-21)10-16(25)11-20(13)31-24(32)17-6-5-15(9-19(17)26)14-3-4-14;1-2/h5-6,9-12,14,28H,3-4,7-8H2,1-2H3,(H,31,32)(H2,27,29,30);1-2H3. The number of hydrogen-bond donors (Lipinski definition) is 3. The number of carbonyl (C=O) groups is 1. The number of nitrogens with zero attached hydrogens (tertiary/aromatic N) is 2. The van der Waals surface area contributed by atoms with Crippen molar-refractivity contribution in [3.8, 4) is 17.0 Å². The highest BCUT2D eigenvalue weighted by molar-refractivity contribution is 6.05. The van der Waals surface area contributed by atoms with Gasteiger partial charge in [-0.2, -0.15) is 0 Å². The predicted molar refractivity (Wildman–Crippen MR) is 134 cm³/mol. The molecule has 0 bridgehead atoms. The van der Waals surface area contributed by atoms with Gasteiger partial charge in [0.15, 0.2) is 11.6 Å². The Bertz CT molecular complexity index is 1200. The van der Waals surface area contributed by atoms with Crippen molar-refractivity contribution in [2.24, 2.45) is 0 Å². The van der Waals surface area contributed by atoms with Crippen LogP contribution in [0.15, 0.2) is 36.7 Å². The molecule has 1 fully saturated rings. The van der Waals surface area contributed by atoms with E-state index < -0.39 is 17.5 Å². The van der Waals surface area contributed by atoms with Crippen LogP contribution in [0.1, 0.15) is 54.1 Å². The van der Waals surface area contributed by atoms with Crippen LogP contribution in [0, 0.1) is 18.6 Å². The maximum atomic E-state index is 14.6. The van der Waals surface area contributed by atoms with Crippen molar-refractivity contribution in [2.75, 3.05) is 31.2 Å². The summed E-state index contributed by atoms with van der Waals surface area (Å²) in [7, 11) is 1.78. The van der Waals surface area contributed by atoms with E-state index in [9.17, 15) is 13.6 Å². The van der Waals surface area contributed by atoms with Gasteiger partial charge in [-0.25, -0.2) is 18.7 Å². The molecule has 1 amide bonds. The van der Waals surface area contributed by atoms with Gasteiger partial charge in [0, 0.05) is 17.8 Å². The summed E-state index contributed by atoms with van der Waals surface area (Å²) in [6.45, 7) is 6.56. The molecule has 1 heterocycles. The molecule has 186 valence electrons. The molecule has 1 aromatic heterocycles. The number of nitrogens with two attached hydrogens (primary N) is 1. The topological polar surface area (TPSA) is 102 Å². The van der Waals surface area contributed by atoms with Crippen molar-refractivity contribution >= 4 is 17.4 Å². The van der Waals surface area contributed by atoms with Crippen molar-refractivity contribution in [1.29, 1.82) is 0 Å². The van der Waals surface area contributed by atoms with Gasteiger partial charge in [-0.3, -0.25) is 4.79 Å². The Kier molecular flexibility index (Phi) is 8.70. The average molecular weight is 484 g/mol. The summed E-state index contributed by atoms with van der Waals surface area (Å²) in [5, 5.41) is 5.58. The molecule has 35 heavy (non-hydrogen) atoms. The summed E-state index contributed by atoms with van der Waals surface area (Å²) >= 11 is 0. The molecule has 0 atom stereocenters. The van der Waals surface area contributed by atoms with Crippen LogP contribution in [0.3, 0.4) is 0 Å². The monoisotopic (exact) mass is 483 g/mol. The second-order valence-electron chi connectivity index (χ2n) is 7.98. The Hall–Kier alpha value is -3.59. The van der Waals surface area contributed by atoms with Gasteiger partial charge in [-0.1, -0.05) is 19.9 Å². The summed E-state index contributed by atoms with van der Waals surface area (Å²) in [6.07, 6.45) is 3.32. The third kappa shape index (κ3) is 6.10. The molecule has 7 nitrogen and oxygen atoms in total. The molecule has 0 aliphatic heterocycles. The van der Waals surface area contributed by atoms with Crippen LogP contribution in [0.25, 0.3) is 11.3 Å². The Morgan fingerprint density at radius 3 is 2.57 bits per heavy atom. The highest BCUT2D eigenvalue weighted by Gasteiger charge is 2.25. The van der Waals surface area contributed by atoms with E-state index in [4.69, 9.17) is 10.5 Å². The first-order valence-electron chi connectivity index (χ1n) is 11.7. The quantitative estimate of drug-likeness (QED) is 0.387. The van der Waals surface area contributed by atoms with E-state index in [1.54, 1.807) is 20.0 Å². The number of amides is 1. The van der Waals surface area contributed by atoms with E-state index >= 15 is 0 Å². The second-order valence-corrected chi connectivity index (χ2v) is 7.98. The number of anilines is 2. The minimum atomic E-state index is -0.665. The molecule has 0 radical (unpaired) electrons. The molecular weight excluding hydrogens is 452 g/mol. The molecule has 4 rings (SSSR count). The number of likely N-dealkylation sites (N-methyl/N-ethyl adjacent to an activating group) is 1. The third-order valence-corrected chi connectivity index (χ3v) is 5.59. The molecule has 0 spiro atoms. The first-order valence-corrected chi connectivity index (χ1v) is 11.7. The summed E-state index contributed by atoms with van der Waals surface area (Å²) in [4.78, 5) is 21.0. The lowest BCUT2D eigenvalue weighted by molar-refractivity contribution is 0.102. The number of hydrogen-bond acceptors (Lipinski definition) is 6. The van der Waals surface area contributed by atoms with Gasteiger partial charge in [-0.15, -0.1) is 0 Å². The Labute approximate surface area is 204 Å². The fraction of sp³-hybridized carbons (Fsp3) is 0.346. The van der Waals surface area contributed by atoms with Gasteiger partial charge in [0.2, 0.25) is 0 Å². The number of aromatic nitrogens is 2. The number of ether oxygens (including phenoxy) is 1. The van der Waals surface area contributed by atoms with Gasteiger partial charge in [0.05, 0.1) is 5.56 Å². The van der Waals surface area contributed by atoms with Crippen molar-refractivity contribution in [2.45, 2.75) is 39.5 Å². The zero-order valence-electron chi connectivity index (χ0n) is 20.4. The van der Waals surface area contributed by atoms with E-state index in [0.29, 0.717) is 35.9 Å². The van der Waals surface area contributed by atoms with Crippen molar-refractivity contribution < 1.29 is 18.3 Å². The number of rotatable bonds is 8. The van der Waals surface area contributed by atoms with Crippen LogP contribution >= 0.6 is 0 Å². The summed E-state index contributed by atoms with van der Waals surface area (Å²) in [6, 6.07) is 7.08. The lowest BCUT2D eigenvalue weighted by Crippen LogP contribution is -2.17. The molecule has 2 aromatic carbocycles. The fourth-order valence-corrected chi connectivity index (χ4v) is 3.61. The van der Waals surface area contributed by atoms with E-state index in [1.165, 1.54) is 30.6 Å². The first-order chi connectivity index (χ1) is 16.9. The van der Waals surface area contributed by atoms with Gasteiger partial charge >= 0.3 is 0 Å². The Morgan fingerprint density at radius 1 is 1.17 bits per heavy atom. The van der Waals surface area contributed by atoms with Crippen LogP contribution in [-0.4, -0.2) is 36.1 Å². The molecule has 9 heteroatoms. The van der Waals surface area contributed by atoms with Gasteiger partial charge < -0.3 is 21.1 Å². The van der Waals surface area contributed by atoms with Crippen LogP contribution < -0.4 is 21.1 Å². The maximum Gasteiger partial charge on any atom is 0.258 e. The summed E-state index contributed by atoms with van der Waals surface area (Å²) in [5.41, 5.74) is 8.15. The van der Waals surface area contributed by atoms with Crippen LogP contribution in [0.4, 0.5) is 20.3 Å². The molecule has 1 aliphatic rings. The minimum Gasteiger partial charge on any atom is -0.486 e.